The van der Waals surface area contributed by atoms with E-state index in [0.717, 1.165) is 57.8 Å². The number of ether oxygens (including phenoxy) is 1. The van der Waals surface area contributed by atoms with Gasteiger partial charge in [0.1, 0.15) is 0 Å². The van der Waals surface area contributed by atoms with E-state index in [1.807, 2.05) is 0 Å². The minimum Gasteiger partial charge on any atom is -0.466 e. The van der Waals surface area contributed by atoms with Crippen LogP contribution in [0.1, 0.15) is 373 Å². The van der Waals surface area contributed by atoms with Gasteiger partial charge in [-0.05, 0) is 89.9 Å². The van der Waals surface area contributed by atoms with Crippen LogP contribution in [0.4, 0.5) is 0 Å². The summed E-state index contributed by atoms with van der Waals surface area (Å²) in [6, 6.07) is -0.538. The van der Waals surface area contributed by atoms with Gasteiger partial charge >= 0.3 is 5.97 Å². The monoisotopic (exact) mass is 1090 g/mol. The highest BCUT2D eigenvalue weighted by molar-refractivity contribution is 5.76. The topological polar surface area (TPSA) is 95.9 Å². The minimum absolute atomic E-state index is 0.00893. The first-order chi connectivity index (χ1) is 38.5. The standard InChI is InChI=1S/C72H135NO5/c1-3-5-7-9-11-13-14-15-16-36-40-43-46-50-54-58-62-66-72(77)78-67-63-59-55-51-47-44-41-38-35-33-31-29-27-25-23-21-19-17-18-20-22-24-26-28-30-32-34-37-39-42-45-49-53-57-61-65-71(76)73-69(68-74)70(75)64-60-56-52-48-12-10-8-6-4-2/h11,13,15-16,19,21,25,27,69-70,74-75H,3-10,12,14,17-18,20,22-24,26,28-68H2,1-2H3,(H,73,76)/b13-11-,16-15-,21-19-,27-25-. The molecular weight excluding hydrogens is 959 g/mol. The van der Waals surface area contributed by atoms with Crippen LogP contribution in [0.2, 0.25) is 0 Å². The molecule has 0 aliphatic rings. The molecule has 0 aromatic heterocycles. The first kappa shape index (κ1) is 75.8. The van der Waals surface area contributed by atoms with Gasteiger partial charge in [-0.2, -0.15) is 0 Å². The van der Waals surface area contributed by atoms with Crippen LogP contribution in [-0.2, 0) is 14.3 Å². The Balaban J connectivity index is 3.34. The predicted molar refractivity (Wildman–Crippen MR) is 342 cm³/mol. The molecule has 0 aromatic rings. The zero-order valence-corrected chi connectivity index (χ0v) is 52.4. The molecule has 3 N–H and O–H groups in total. The fourth-order valence-corrected chi connectivity index (χ4v) is 10.8. The molecule has 78 heavy (non-hydrogen) atoms. The van der Waals surface area contributed by atoms with Crippen molar-refractivity contribution >= 4 is 11.9 Å². The van der Waals surface area contributed by atoms with Crippen LogP contribution in [0, 0.1) is 0 Å². The summed E-state index contributed by atoms with van der Waals surface area (Å²) in [6.45, 7) is 4.92. The van der Waals surface area contributed by atoms with Gasteiger partial charge in [0.25, 0.3) is 0 Å². The number of hydrogen-bond acceptors (Lipinski definition) is 5. The number of aliphatic hydroxyl groups is 2. The molecule has 0 aromatic carbocycles. The lowest BCUT2D eigenvalue weighted by atomic mass is 10.0. The van der Waals surface area contributed by atoms with Crippen molar-refractivity contribution in [2.75, 3.05) is 13.2 Å². The van der Waals surface area contributed by atoms with Gasteiger partial charge in [-0.15, -0.1) is 0 Å². The van der Waals surface area contributed by atoms with E-state index < -0.39 is 12.1 Å². The number of rotatable bonds is 65. The number of carbonyl (C=O) groups excluding carboxylic acids is 2. The van der Waals surface area contributed by atoms with Crippen molar-refractivity contribution in [2.24, 2.45) is 0 Å². The van der Waals surface area contributed by atoms with E-state index in [9.17, 15) is 19.8 Å². The molecule has 0 aliphatic heterocycles. The maximum atomic E-state index is 12.4. The van der Waals surface area contributed by atoms with E-state index in [-0.39, 0.29) is 18.5 Å². The summed E-state index contributed by atoms with van der Waals surface area (Å²) in [4.78, 5) is 24.5. The Bertz CT molecular complexity index is 1310. The summed E-state index contributed by atoms with van der Waals surface area (Å²) in [5.74, 6) is -0.0252. The Morgan fingerprint density at radius 3 is 1.00 bits per heavy atom. The molecule has 0 aliphatic carbocycles. The Morgan fingerprint density at radius 2 is 0.641 bits per heavy atom. The van der Waals surface area contributed by atoms with E-state index in [1.165, 1.54) is 283 Å². The van der Waals surface area contributed by atoms with Crippen LogP contribution in [0.3, 0.4) is 0 Å². The molecule has 6 nitrogen and oxygen atoms in total. The molecule has 0 bridgehead atoms. The van der Waals surface area contributed by atoms with E-state index >= 15 is 0 Å². The van der Waals surface area contributed by atoms with Gasteiger partial charge in [-0.1, -0.05) is 319 Å². The molecule has 0 radical (unpaired) electrons. The Labute approximate surface area is 486 Å². The average Bonchev–Trinajstić information content (AvgIpc) is 3.44. The van der Waals surface area contributed by atoms with E-state index in [1.54, 1.807) is 0 Å². The largest absolute Gasteiger partial charge is 0.466 e. The normalized spacial score (nSPS) is 12.8. The number of amides is 1. The van der Waals surface area contributed by atoms with Crippen LogP contribution in [-0.4, -0.2) is 47.4 Å². The summed E-state index contributed by atoms with van der Waals surface area (Å²) in [5.41, 5.74) is 0. The van der Waals surface area contributed by atoms with Crippen molar-refractivity contribution in [1.82, 2.24) is 5.32 Å². The molecule has 1 amide bonds. The Hall–Kier alpha value is -2.18. The average molecular weight is 1090 g/mol. The second kappa shape index (κ2) is 67.3. The second-order valence-corrected chi connectivity index (χ2v) is 23.9. The molecule has 0 fully saturated rings. The van der Waals surface area contributed by atoms with Crippen molar-refractivity contribution in [3.05, 3.63) is 48.6 Å². The van der Waals surface area contributed by atoms with Crippen molar-refractivity contribution in [3.8, 4) is 0 Å². The van der Waals surface area contributed by atoms with Crippen LogP contribution in [0.25, 0.3) is 0 Å². The zero-order valence-electron chi connectivity index (χ0n) is 52.4. The number of carbonyl (C=O) groups is 2. The van der Waals surface area contributed by atoms with Crippen molar-refractivity contribution in [1.29, 1.82) is 0 Å². The maximum Gasteiger partial charge on any atom is 0.305 e. The SMILES string of the molecule is CCCCC/C=C\C/C=C\CCCCCCCCCC(=O)OCCCCCCCCCCCCC/C=C\C/C=C\CCCCCCCCCCCCCCCCCCCC(=O)NC(CO)C(O)CCCCCCCCCCC. The summed E-state index contributed by atoms with van der Waals surface area (Å²) in [7, 11) is 0. The van der Waals surface area contributed by atoms with Gasteiger partial charge in [0, 0.05) is 12.8 Å². The first-order valence-electron chi connectivity index (χ1n) is 34.9. The lowest BCUT2D eigenvalue weighted by Crippen LogP contribution is -2.45. The Kier molecular flexibility index (Phi) is 65.4. The summed E-state index contributed by atoms with van der Waals surface area (Å²) in [5, 5.41) is 23.1. The van der Waals surface area contributed by atoms with Gasteiger partial charge in [0.2, 0.25) is 5.91 Å². The van der Waals surface area contributed by atoms with Crippen LogP contribution < -0.4 is 5.32 Å². The van der Waals surface area contributed by atoms with E-state index in [4.69, 9.17) is 4.74 Å². The fourth-order valence-electron chi connectivity index (χ4n) is 10.8. The van der Waals surface area contributed by atoms with Crippen LogP contribution in [0.15, 0.2) is 48.6 Å². The third-order valence-electron chi connectivity index (χ3n) is 16.1. The second-order valence-electron chi connectivity index (χ2n) is 23.9. The third kappa shape index (κ3) is 63.0. The van der Waals surface area contributed by atoms with Crippen LogP contribution >= 0.6 is 0 Å². The van der Waals surface area contributed by atoms with Crippen molar-refractivity contribution in [2.45, 2.75) is 386 Å². The molecule has 0 saturated carbocycles. The summed E-state index contributed by atoms with van der Waals surface area (Å²) >= 11 is 0. The molecule has 0 heterocycles. The number of allylic oxidation sites excluding steroid dienone is 8. The van der Waals surface area contributed by atoms with E-state index in [2.05, 4.69) is 67.8 Å². The number of hydrogen-bond donors (Lipinski definition) is 3. The fraction of sp³-hybridized carbons (Fsp3) is 0.861. The number of nitrogens with one attached hydrogen (secondary N) is 1. The quantitative estimate of drug-likeness (QED) is 0.0320. The molecule has 2 unspecified atom stereocenters. The predicted octanol–water partition coefficient (Wildman–Crippen LogP) is 22.5. The number of aliphatic hydroxyl groups excluding tert-OH is 2. The number of esters is 1. The van der Waals surface area contributed by atoms with Crippen molar-refractivity contribution < 1.29 is 24.5 Å². The highest BCUT2D eigenvalue weighted by atomic mass is 16.5. The molecule has 0 rings (SSSR count). The van der Waals surface area contributed by atoms with Crippen molar-refractivity contribution in [3.63, 3.8) is 0 Å². The van der Waals surface area contributed by atoms with Crippen LogP contribution in [0.5, 0.6) is 0 Å². The van der Waals surface area contributed by atoms with Gasteiger partial charge in [-0.25, -0.2) is 0 Å². The minimum atomic E-state index is -0.660. The molecule has 2 atom stereocenters. The molecule has 458 valence electrons. The van der Waals surface area contributed by atoms with Gasteiger partial charge in [0.05, 0.1) is 25.4 Å². The summed E-state index contributed by atoms with van der Waals surface area (Å²) < 4.78 is 5.50. The highest BCUT2D eigenvalue weighted by Gasteiger charge is 2.20. The lowest BCUT2D eigenvalue weighted by Gasteiger charge is -2.22. The lowest BCUT2D eigenvalue weighted by molar-refractivity contribution is -0.143. The molecular formula is C72H135NO5. The highest BCUT2D eigenvalue weighted by Crippen LogP contribution is 2.18. The zero-order chi connectivity index (χ0) is 56.4. The van der Waals surface area contributed by atoms with Gasteiger partial charge in [0.15, 0.2) is 0 Å². The number of unbranched alkanes of at least 4 members (excludes halogenated alkanes) is 46. The van der Waals surface area contributed by atoms with Gasteiger partial charge in [-0.3, -0.25) is 9.59 Å². The summed E-state index contributed by atoms with van der Waals surface area (Å²) in [6.07, 6.45) is 87.5. The molecule has 6 heteroatoms. The van der Waals surface area contributed by atoms with Gasteiger partial charge < -0.3 is 20.3 Å². The first-order valence-corrected chi connectivity index (χ1v) is 34.9. The molecule has 0 saturated heterocycles. The molecule has 0 spiro atoms. The smallest absolute Gasteiger partial charge is 0.305 e. The van der Waals surface area contributed by atoms with E-state index in [0.29, 0.717) is 25.9 Å². The maximum absolute atomic E-state index is 12.4. The Morgan fingerprint density at radius 1 is 0.359 bits per heavy atom. The third-order valence-corrected chi connectivity index (χ3v) is 16.1.